The van der Waals surface area contributed by atoms with Crippen molar-refractivity contribution in [2.45, 2.75) is 51.4 Å². The smallest absolute Gasteiger partial charge is 0.200 e. The quantitative estimate of drug-likeness (QED) is 0.618. The van der Waals surface area contributed by atoms with Crippen LogP contribution in [0.1, 0.15) is 56.9 Å². The summed E-state index contributed by atoms with van der Waals surface area (Å²) in [7, 11) is 0. The molecule has 2 saturated carbocycles. The van der Waals surface area contributed by atoms with E-state index >= 15 is 0 Å². The van der Waals surface area contributed by atoms with Crippen molar-refractivity contribution >= 4 is 6.08 Å². The largest absolute Gasteiger partial charge is 0.505 e. The molecule has 25 heavy (non-hydrogen) atoms. The monoisotopic (exact) mass is 346 g/mol. The molecule has 0 aromatic heterocycles. The van der Waals surface area contributed by atoms with E-state index in [1.165, 1.54) is 50.7 Å². The lowest BCUT2D eigenvalue weighted by atomic mass is 9.69. The van der Waals surface area contributed by atoms with E-state index in [-0.39, 0.29) is 5.56 Å². The highest BCUT2D eigenvalue weighted by atomic mass is 19.2. The van der Waals surface area contributed by atoms with Crippen LogP contribution in [0.15, 0.2) is 30.9 Å². The van der Waals surface area contributed by atoms with E-state index in [1.807, 2.05) is 6.08 Å². The molecule has 136 valence electrons. The van der Waals surface area contributed by atoms with Crippen LogP contribution in [0.3, 0.4) is 0 Å². The Morgan fingerprint density at radius 3 is 1.96 bits per heavy atom. The number of phenolic OH excluding ortho intramolecular Hbond substituents is 1. The van der Waals surface area contributed by atoms with Gasteiger partial charge in [0.1, 0.15) is 0 Å². The van der Waals surface area contributed by atoms with Crippen LogP contribution in [0.2, 0.25) is 0 Å². The predicted molar refractivity (Wildman–Crippen MR) is 98.1 cm³/mol. The maximum Gasteiger partial charge on any atom is 0.200 e. The van der Waals surface area contributed by atoms with Gasteiger partial charge in [0.2, 0.25) is 5.82 Å². The van der Waals surface area contributed by atoms with Gasteiger partial charge in [-0.15, -0.1) is 6.58 Å². The van der Waals surface area contributed by atoms with Gasteiger partial charge in [0.25, 0.3) is 0 Å². The first-order valence-corrected chi connectivity index (χ1v) is 9.56. The number of rotatable bonds is 4. The summed E-state index contributed by atoms with van der Waals surface area (Å²) < 4.78 is 27.2. The molecular weight excluding hydrogens is 318 g/mol. The molecule has 3 rings (SSSR count). The van der Waals surface area contributed by atoms with Crippen LogP contribution in [0.4, 0.5) is 8.78 Å². The number of hydrogen-bond donors (Lipinski definition) is 1. The van der Waals surface area contributed by atoms with Gasteiger partial charge in [-0.05, 0) is 87.2 Å². The molecule has 1 aromatic carbocycles. The average molecular weight is 346 g/mol. The van der Waals surface area contributed by atoms with Gasteiger partial charge in [-0.2, -0.15) is 4.39 Å². The van der Waals surface area contributed by atoms with Crippen LogP contribution >= 0.6 is 0 Å². The second-order valence-corrected chi connectivity index (χ2v) is 7.75. The average Bonchev–Trinajstić information content (AvgIpc) is 2.66. The minimum atomic E-state index is -1.17. The number of hydrogen-bond acceptors (Lipinski definition) is 1. The third-order valence-electron chi connectivity index (χ3n) is 6.27. The molecule has 1 nitrogen and oxygen atoms in total. The Bertz CT molecular complexity index is 621. The summed E-state index contributed by atoms with van der Waals surface area (Å²) in [5.41, 5.74) is 0.208. The van der Waals surface area contributed by atoms with E-state index in [2.05, 4.69) is 12.7 Å². The van der Waals surface area contributed by atoms with Gasteiger partial charge in [0.05, 0.1) is 0 Å². The first kappa shape index (κ1) is 18.2. The van der Waals surface area contributed by atoms with Gasteiger partial charge in [-0.25, -0.2) is 4.39 Å². The maximum absolute atomic E-state index is 13.8. The normalized spacial score (nSPS) is 30.5. The van der Waals surface area contributed by atoms with Crippen LogP contribution in [0.5, 0.6) is 5.75 Å². The third-order valence-corrected chi connectivity index (χ3v) is 6.27. The lowest BCUT2D eigenvalue weighted by molar-refractivity contribution is 0.167. The maximum atomic E-state index is 13.8. The van der Waals surface area contributed by atoms with Gasteiger partial charge in [-0.1, -0.05) is 18.2 Å². The van der Waals surface area contributed by atoms with Crippen LogP contribution in [0.25, 0.3) is 6.08 Å². The minimum Gasteiger partial charge on any atom is -0.505 e. The summed E-state index contributed by atoms with van der Waals surface area (Å²) in [6, 6.07) is 2.63. The van der Waals surface area contributed by atoms with Crippen LogP contribution in [-0.2, 0) is 0 Å². The van der Waals surface area contributed by atoms with Crippen molar-refractivity contribution in [1.29, 1.82) is 0 Å². The minimum absolute atomic E-state index is 0.208. The molecule has 1 N–H and O–H groups in total. The summed E-state index contributed by atoms with van der Waals surface area (Å²) in [6.07, 6.45) is 15.8. The van der Waals surface area contributed by atoms with E-state index in [1.54, 1.807) is 6.08 Å². The summed E-state index contributed by atoms with van der Waals surface area (Å²) >= 11 is 0. The molecule has 0 amide bonds. The van der Waals surface area contributed by atoms with Crippen molar-refractivity contribution in [3.05, 3.63) is 48.1 Å². The van der Waals surface area contributed by atoms with Crippen molar-refractivity contribution in [2.24, 2.45) is 23.7 Å². The van der Waals surface area contributed by atoms with Crippen LogP contribution in [0, 0.1) is 35.3 Å². The molecule has 0 radical (unpaired) electrons. The van der Waals surface area contributed by atoms with Crippen molar-refractivity contribution in [3.63, 3.8) is 0 Å². The third kappa shape index (κ3) is 4.31. The molecule has 0 saturated heterocycles. The van der Waals surface area contributed by atoms with Crippen molar-refractivity contribution in [1.82, 2.24) is 0 Å². The Morgan fingerprint density at radius 1 is 0.840 bits per heavy atom. The number of phenols is 1. The molecule has 0 spiro atoms. The van der Waals surface area contributed by atoms with E-state index < -0.39 is 17.4 Å². The van der Waals surface area contributed by atoms with Crippen molar-refractivity contribution < 1.29 is 13.9 Å². The molecule has 2 aliphatic rings. The molecule has 0 atom stereocenters. The zero-order valence-corrected chi connectivity index (χ0v) is 14.8. The predicted octanol–water partition coefficient (Wildman–Crippen LogP) is 6.48. The van der Waals surface area contributed by atoms with E-state index in [9.17, 15) is 13.9 Å². The van der Waals surface area contributed by atoms with Crippen molar-refractivity contribution in [2.75, 3.05) is 0 Å². The fourth-order valence-electron chi connectivity index (χ4n) is 4.58. The lowest BCUT2D eigenvalue weighted by Crippen LogP contribution is -2.25. The number of halogens is 2. The second-order valence-electron chi connectivity index (χ2n) is 7.75. The molecule has 0 aliphatic heterocycles. The molecule has 0 bridgehead atoms. The lowest BCUT2D eigenvalue weighted by Gasteiger charge is -2.36. The molecule has 3 heteroatoms. The standard InChI is InChI=1S/C22H28F2O/c1-2-15-3-8-17(9-4-15)18-10-5-16(6-11-18)7-12-19-13-14-20(25)22(24)21(19)23/h2,7,12-18,25H,1,3-6,8-11H2/b12-7+. The van der Waals surface area contributed by atoms with Gasteiger partial charge in [0, 0.05) is 5.56 Å². The summed E-state index contributed by atoms with van der Waals surface area (Å²) in [6.45, 7) is 3.92. The zero-order valence-electron chi connectivity index (χ0n) is 14.8. The summed E-state index contributed by atoms with van der Waals surface area (Å²) in [5, 5.41) is 9.18. The number of aromatic hydroxyl groups is 1. The van der Waals surface area contributed by atoms with Crippen LogP contribution < -0.4 is 0 Å². The summed E-state index contributed by atoms with van der Waals surface area (Å²) in [4.78, 5) is 0. The van der Waals surface area contributed by atoms with Gasteiger partial charge in [-0.3, -0.25) is 0 Å². The van der Waals surface area contributed by atoms with Gasteiger partial charge < -0.3 is 5.11 Å². The molecule has 2 aliphatic carbocycles. The topological polar surface area (TPSA) is 20.2 Å². The number of benzene rings is 1. The first-order chi connectivity index (χ1) is 12.1. The molecule has 1 aromatic rings. The van der Waals surface area contributed by atoms with Crippen molar-refractivity contribution in [3.8, 4) is 5.75 Å². The van der Waals surface area contributed by atoms with Gasteiger partial charge in [0.15, 0.2) is 11.6 Å². The Labute approximate surface area is 149 Å². The fourth-order valence-corrected chi connectivity index (χ4v) is 4.58. The number of allylic oxidation sites excluding steroid dienone is 2. The molecule has 0 heterocycles. The highest BCUT2D eigenvalue weighted by molar-refractivity contribution is 5.52. The second kappa shape index (κ2) is 8.16. The molecular formula is C22H28F2O. The Kier molecular flexibility index (Phi) is 5.93. The van der Waals surface area contributed by atoms with Crippen LogP contribution in [-0.4, -0.2) is 5.11 Å². The SMILES string of the molecule is C=CC1CCC(C2CCC(/C=C/c3ccc(O)c(F)c3F)CC2)CC1. The summed E-state index contributed by atoms with van der Waals surface area (Å²) in [5.74, 6) is 0.0856. The van der Waals surface area contributed by atoms with Gasteiger partial charge >= 0.3 is 0 Å². The zero-order chi connectivity index (χ0) is 17.8. The molecule has 2 fully saturated rings. The Hall–Kier alpha value is -1.64. The highest BCUT2D eigenvalue weighted by Gasteiger charge is 2.29. The Balaban J connectivity index is 1.51. The van der Waals surface area contributed by atoms with E-state index in [4.69, 9.17) is 0 Å². The van der Waals surface area contributed by atoms with E-state index in [0.717, 1.165) is 30.6 Å². The molecule has 0 unspecified atom stereocenters. The first-order valence-electron chi connectivity index (χ1n) is 9.56. The van der Waals surface area contributed by atoms with E-state index in [0.29, 0.717) is 5.92 Å². The Morgan fingerprint density at radius 2 is 1.40 bits per heavy atom. The fraction of sp³-hybridized carbons (Fsp3) is 0.545. The highest BCUT2D eigenvalue weighted by Crippen LogP contribution is 2.41.